The number of carbonyl (C=O) groups is 1. The van der Waals surface area contributed by atoms with Crippen molar-refractivity contribution in [3.8, 4) is 0 Å². The Bertz CT molecular complexity index is 389. The smallest absolute Gasteiger partial charge is 0.265 e. The topological polar surface area (TPSA) is 49.9 Å². The molecular formula is C7H4ClF2NO2. The second-order valence-electron chi connectivity index (χ2n) is 2.24. The molecule has 0 aromatic carbocycles. The highest BCUT2D eigenvalue weighted by atomic mass is 35.5. The van der Waals surface area contributed by atoms with Crippen molar-refractivity contribution >= 4 is 17.9 Å². The van der Waals surface area contributed by atoms with Gasteiger partial charge < -0.3 is 4.98 Å². The first-order chi connectivity index (χ1) is 6.06. The third-order valence-corrected chi connectivity index (χ3v) is 1.81. The average Bonchev–Trinajstić information content (AvgIpc) is 2.08. The molecule has 1 rings (SSSR count). The minimum Gasteiger partial charge on any atom is -0.318 e. The Balaban J connectivity index is 3.44. The zero-order valence-electron chi connectivity index (χ0n) is 6.18. The number of hydrogen-bond donors (Lipinski definition) is 1. The molecule has 13 heavy (non-hydrogen) atoms. The molecule has 0 atom stereocenters. The number of aromatic nitrogens is 1. The molecule has 0 spiro atoms. The fraction of sp³-hybridized carbons (Fsp3) is 0.143. The molecule has 70 valence electrons. The van der Waals surface area contributed by atoms with Gasteiger partial charge in [-0.15, -0.1) is 0 Å². The highest BCUT2D eigenvalue weighted by Gasteiger charge is 2.15. The maximum absolute atomic E-state index is 12.2. The standard InChI is InChI=1S/C7H4ClF2NO2/c8-6-3(7(9)10)1-5(13)11-4(6)2-12/h1-2,7H,(H,11,13). The van der Waals surface area contributed by atoms with Crippen molar-refractivity contribution in [2.24, 2.45) is 0 Å². The number of nitrogens with one attached hydrogen (secondary N) is 1. The maximum atomic E-state index is 12.2. The van der Waals surface area contributed by atoms with Gasteiger partial charge in [0.2, 0.25) is 5.56 Å². The second-order valence-corrected chi connectivity index (χ2v) is 2.61. The van der Waals surface area contributed by atoms with Crippen LogP contribution < -0.4 is 5.56 Å². The molecule has 0 amide bonds. The number of aromatic amines is 1. The van der Waals surface area contributed by atoms with Gasteiger partial charge in [-0.2, -0.15) is 0 Å². The molecule has 1 N–H and O–H groups in total. The zero-order chi connectivity index (χ0) is 10.0. The number of aldehydes is 1. The van der Waals surface area contributed by atoms with E-state index in [-0.39, 0.29) is 12.0 Å². The Morgan fingerprint density at radius 1 is 1.54 bits per heavy atom. The van der Waals surface area contributed by atoms with Crippen LogP contribution in [0, 0.1) is 0 Å². The SMILES string of the molecule is O=Cc1[nH]c(=O)cc(C(F)F)c1Cl. The van der Waals surface area contributed by atoms with Gasteiger partial charge in [0.05, 0.1) is 5.02 Å². The highest BCUT2D eigenvalue weighted by molar-refractivity contribution is 6.33. The van der Waals surface area contributed by atoms with E-state index in [0.29, 0.717) is 6.07 Å². The summed E-state index contributed by atoms with van der Waals surface area (Å²) in [6, 6.07) is 0.667. The number of alkyl halides is 2. The quantitative estimate of drug-likeness (QED) is 0.752. The van der Waals surface area contributed by atoms with Gasteiger partial charge >= 0.3 is 0 Å². The monoisotopic (exact) mass is 207 g/mol. The molecule has 0 radical (unpaired) electrons. The molecule has 6 heteroatoms. The molecule has 0 saturated heterocycles. The van der Waals surface area contributed by atoms with Gasteiger partial charge in [-0.3, -0.25) is 9.59 Å². The van der Waals surface area contributed by atoms with Crippen LogP contribution in [-0.2, 0) is 0 Å². The van der Waals surface area contributed by atoms with Crippen LogP contribution in [0.3, 0.4) is 0 Å². The largest absolute Gasteiger partial charge is 0.318 e. The third kappa shape index (κ3) is 1.92. The fourth-order valence-corrected chi connectivity index (χ4v) is 1.05. The van der Waals surface area contributed by atoms with Crippen LogP contribution in [0.2, 0.25) is 5.02 Å². The molecule has 0 aliphatic carbocycles. The van der Waals surface area contributed by atoms with Crippen LogP contribution in [0.15, 0.2) is 10.9 Å². The van der Waals surface area contributed by atoms with Crippen LogP contribution in [0.25, 0.3) is 0 Å². The van der Waals surface area contributed by atoms with E-state index >= 15 is 0 Å². The van der Waals surface area contributed by atoms with Crippen LogP contribution in [-0.4, -0.2) is 11.3 Å². The van der Waals surface area contributed by atoms with Gasteiger partial charge in [-0.25, -0.2) is 8.78 Å². The molecule has 1 aromatic rings. The normalized spacial score (nSPS) is 10.5. The molecule has 0 fully saturated rings. The van der Waals surface area contributed by atoms with Crippen molar-refractivity contribution in [3.05, 3.63) is 32.7 Å². The van der Waals surface area contributed by atoms with E-state index in [9.17, 15) is 18.4 Å². The van der Waals surface area contributed by atoms with Gasteiger partial charge in [0.1, 0.15) is 5.69 Å². The maximum Gasteiger partial charge on any atom is 0.265 e. The number of pyridine rings is 1. The fourth-order valence-electron chi connectivity index (χ4n) is 0.824. The van der Waals surface area contributed by atoms with Crippen molar-refractivity contribution in [1.29, 1.82) is 0 Å². The molecule has 0 saturated carbocycles. The van der Waals surface area contributed by atoms with Gasteiger partial charge in [-0.1, -0.05) is 11.6 Å². The summed E-state index contributed by atoms with van der Waals surface area (Å²) in [5, 5.41) is -0.412. The summed E-state index contributed by atoms with van der Waals surface area (Å²) < 4.78 is 24.3. The van der Waals surface area contributed by atoms with E-state index in [1.54, 1.807) is 0 Å². The minimum absolute atomic E-state index is 0.218. The van der Waals surface area contributed by atoms with Crippen LogP contribution in [0.4, 0.5) is 8.78 Å². The molecule has 0 bridgehead atoms. The van der Waals surface area contributed by atoms with Crippen molar-refractivity contribution in [1.82, 2.24) is 4.98 Å². The molecule has 0 unspecified atom stereocenters. The summed E-state index contributed by atoms with van der Waals surface area (Å²) in [4.78, 5) is 23.0. The summed E-state index contributed by atoms with van der Waals surface area (Å²) in [6.45, 7) is 0. The van der Waals surface area contributed by atoms with E-state index < -0.39 is 22.6 Å². The third-order valence-electron chi connectivity index (χ3n) is 1.39. The lowest BCUT2D eigenvalue weighted by molar-refractivity contribution is 0.111. The highest BCUT2D eigenvalue weighted by Crippen LogP contribution is 2.26. The minimum atomic E-state index is -2.87. The summed E-state index contributed by atoms with van der Waals surface area (Å²) in [5.41, 5.74) is -1.74. The number of hydrogen-bond acceptors (Lipinski definition) is 2. The summed E-state index contributed by atoms with van der Waals surface area (Å²) in [7, 11) is 0. The molecule has 1 aromatic heterocycles. The van der Waals surface area contributed by atoms with Crippen LogP contribution in [0.5, 0.6) is 0 Å². The van der Waals surface area contributed by atoms with E-state index in [2.05, 4.69) is 0 Å². The van der Waals surface area contributed by atoms with E-state index in [1.165, 1.54) is 0 Å². The van der Waals surface area contributed by atoms with Gasteiger partial charge in [0.15, 0.2) is 6.29 Å². The predicted molar refractivity (Wildman–Crippen MR) is 42.4 cm³/mol. The lowest BCUT2D eigenvalue weighted by atomic mass is 10.2. The summed E-state index contributed by atoms with van der Waals surface area (Å²) in [6.07, 6.45) is -2.65. The first-order valence-corrected chi connectivity index (χ1v) is 3.60. The molecule has 0 aliphatic rings. The Labute approximate surface area is 76.3 Å². The molecule has 1 heterocycles. The lowest BCUT2D eigenvalue weighted by Gasteiger charge is -2.02. The van der Waals surface area contributed by atoms with E-state index in [1.807, 2.05) is 4.98 Å². The van der Waals surface area contributed by atoms with Crippen molar-refractivity contribution in [2.45, 2.75) is 6.43 Å². The summed E-state index contributed by atoms with van der Waals surface area (Å²) in [5.74, 6) is 0. The van der Waals surface area contributed by atoms with E-state index in [4.69, 9.17) is 11.6 Å². The van der Waals surface area contributed by atoms with Crippen molar-refractivity contribution < 1.29 is 13.6 Å². The summed E-state index contributed by atoms with van der Waals surface area (Å²) >= 11 is 5.39. The Kier molecular flexibility index (Phi) is 2.77. The van der Waals surface area contributed by atoms with E-state index in [0.717, 1.165) is 0 Å². The zero-order valence-corrected chi connectivity index (χ0v) is 6.94. The Hall–Kier alpha value is -1.23. The van der Waals surface area contributed by atoms with Crippen LogP contribution in [0.1, 0.15) is 22.5 Å². The van der Waals surface area contributed by atoms with Crippen LogP contribution >= 0.6 is 11.6 Å². The molecular weight excluding hydrogens is 204 g/mol. The van der Waals surface area contributed by atoms with Gasteiger partial charge in [-0.05, 0) is 0 Å². The average molecular weight is 208 g/mol. The first-order valence-electron chi connectivity index (χ1n) is 3.22. The number of carbonyl (C=O) groups excluding carboxylic acids is 1. The van der Waals surface area contributed by atoms with Gasteiger partial charge in [0, 0.05) is 11.6 Å². The Morgan fingerprint density at radius 3 is 2.62 bits per heavy atom. The molecule has 0 aliphatic heterocycles. The lowest BCUT2D eigenvalue weighted by Crippen LogP contribution is -2.10. The number of rotatable bonds is 2. The predicted octanol–water partition coefficient (Wildman–Crippen LogP) is 1.78. The number of halogens is 3. The molecule has 3 nitrogen and oxygen atoms in total. The first kappa shape index (κ1) is 9.85. The second kappa shape index (κ2) is 3.66. The van der Waals surface area contributed by atoms with Crippen molar-refractivity contribution in [2.75, 3.05) is 0 Å². The number of H-pyrrole nitrogens is 1. The van der Waals surface area contributed by atoms with Crippen molar-refractivity contribution in [3.63, 3.8) is 0 Å². The Morgan fingerprint density at radius 2 is 2.15 bits per heavy atom. The van der Waals surface area contributed by atoms with Gasteiger partial charge in [0.25, 0.3) is 6.43 Å².